The quantitative estimate of drug-likeness (QED) is 0.823. The lowest BCUT2D eigenvalue weighted by Crippen LogP contribution is -2.34. The Morgan fingerprint density at radius 2 is 2.07 bits per heavy atom. The SMILES string of the molecule is O=C(NCc1ccc2c(c1)CCCC2)c1cn(CC[C@H]2CCCCN2)nn1. The Balaban J connectivity index is 1.27. The number of aromatic nitrogens is 3. The van der Waals surface area contributed by atoms with Crippen molar-refractivity contribution in [1.29, 1.82) is 0 Å². The van der Waals surface area contributed by atoms with Crippen LogP contribution < -0.4 is 10.6 Å². The molecule has 1 atom stereocenters. The monoisotopic (exact) mass is 367 g/mol. The summed E-state index contributed by atoms with van der Waals surface area (Å²) in [5.74, 6) is -0.158. The van der Waals surface area contributed by atoms with Gasteiger partial charge in [-0.1, -0.05) is 29.8 Å². The molecular weight excluding hydrogens is 338 g/mol. The maximum absolute atomic E-state index is 12.4. The van der Waals surface area contributed by atoms with Gasteiger partial charge in [-0.3, -0.25) is 9.48 Å². The van der Waals surface area contributed by atoms with Crippen LogP contribution in [0.4, 0.5) is 0 Å². The number of piperidine rings is 1. The molecule has 6 nitrogen and oxygen atoms in total. The van der Waals surface area contributed by atoms with Gasteiger partial charge < -0.3 is 10.6 Å². The van der Waals surface area contributed by atoms with Crippen LogP contribution in [0.5, 0.6) is 0 Å². The lowest BCUT2D eigenvalue weighted by atomic mass is 9.90. The molecule has 0 radical (unpaired) electrons. The summed E-state index contributed by atoms with van der Waals surface area (Å²) < 4.78 is 1.78. The summed E-state index contributed by atoms with van der Waals surface area (Å²) in [6, 6.07) is 7.14. The number of benzene rings is 1. The van der Waals surface area contributed by atoms with Crippen molar-refractivity contribution in [3.8, 4) is 0 Å². The van der Waals surface area contributed by atoms with Gasteiger partial charge >= 0.3 is 0 Å². The Labute approximate surface area is 160 Å². The molecule has 1 saturated heterocycles. The molecule has 27 heavy (non-hydrogen) atoms. The maximum Gasteiger partial charge on any atom is 0.273 e. The first-order chi connectivity index (χ1) is 13.3. The molecule has 1 amide bonds. The standard InChI is InChI=1S/C21H29N5O/c27-21(23-14-16-8-9-17-5-1-2-6-18(17)13-16)20-15-26(25-24-20)12-10-19-7-3-4-11-22-19/h8-9,13,15,19,22H,1-7,10-12,14H2,(H,23,27)/t19-/m1/s1. The second-order valence-corrected chi connectivity index (χ2v) is 7.80. The van der Waals surface area contributed by atoms with Gasteiger partial charge in [0.2, 0.25) is 0 Å². The molecule has 2 heterocycles. The van der Waals surface area contributed by atoms with Crippen molar-refractivity contribution in [3.05, 3.63) is 46.8 Å². The first-order valence-corrected chi connectivity index (χ1v) is 10.3. The van der Waals surface area contributed by atoms with Crippen LogP contribution >= 0.6 is 0 Å². The number of hydrogen-bond donors (Lipinski definition) is 2. The fraction of sp³-hybridized carbons (Fsp3) is 0.571. The second-order valence-electron chi connectivity index (χ2n) is 7.80. The summed E-state index contributed by atoms with van der Waals surface area (Å²) >= 11 is 0. The smallest absolute Gasteiger partial charge is 0.273 e. The number of carbonyl (C=O) groups is 1. The first-order valence-electron chi connectivity index (χ1n) is 10.3. The van der Waals surface area contributed by atoms with Gasteiger partial charge in [0, 0.05) is 19.1 Å². The fourth-order valence-electron chi connectivity index (χ4n) is 4.14. The highest BCUT2D eigenvalue weighted by molar-refractivity contribution is 5.91. The first kappa shape index (κ1) is 18.2. The summed E-state index contributed by atoms with van der Waals surface area (Å²) in [7, 11) is 0. The Morgan fingerprint density at radius 3 is 2.93 bits per heavy atom. The minimum Gasteiger partial charge on any atom is -0.347 e. The van der Waals surface area contributed by atoms with Crippen molar-refractivity contribution in [3.63, 3.8) is 0 Å². The normalized spacial score (nSPS) is 19.5. The molecule has 1 aromatic carbocycles. The van der Waals surface area contributed by atoms with E-state index in [2.05, 4.69) is 39.1 Å². The van der Waals surface area contributed by atoms with Crippen molar-refractivity contribution in [2.75, 3.05) is 6.54 Å². The summed E-state index contributed by atoms with van der Waals surface area (Å²) in [4.78, 5) is 12.4. The molecule has 1 aliphatic carbocycles. The average molecular weight is 367 g/mol. The van der Waals surface area contributed by atoms with Gasteiger partial charge in [-0.2, -0.15) is 0 Å². The van der Waals surface area contributed by atoms with E-state index in [0.29, 0.717) is 18.3 Å². The van der Waals surface area contributed by atoms with Gasteiger partial charge in [-0.15, -0.1) is 5.10 Å². The topological polar surface area (TPSA) is 71.8 Å². The average Bonchev–Trinajstić information content (AvgIpc) is 3.20. The zero-order valence-electron chi connectivity index (χ0n) is 15.9. The summed E-state index contributed by atoms with van der Waals surface area (Å²) in [5.41, 5.74) is 4.45. The number of fused-ring (bicyclic) bond motifs is 1. The molecule has 4 rings (SSSR count). The molecular formula is C21H29N5O. The Morgan fingerprint density at radius 1 is 1.19 bits per heavy atom. The van der Waals surface area contributed by atoms with Crippen LogP contribution in [-0.2, 0) is 25.9 Å². The van der Waals surface area contributed by atoms with Crippen LogP contribution in [0.25, 0.3) is 0 Å². The molecule has 0 spiro atoms. The largest absolute Gasteiger partial charge is 0.347 e. The molecule has 1 fully saturated rings. The minimum absolute atomic E-state index is 0.158. The van der Waals surface area contributed by atoms with E-state index in [1.807, 2.05) is 0 Å². The van der Waals surface area contributed by atoms with E-state index in [4.69, 9.17) is 0 Å². The number of nitrogens with zero attached hydrogens (tertiary/aromatic N) is 3. The number of nitrogens with one attached hydrogen (secondary N) is 2. The highest BCUT2D eigenvalue weighted by Crippen LogP contribution is 2.22. The lowest BCUT2D eigenvalue weighted by Gasteiger charge is -2.23. The number of aryl methyl sites for hydroxylation is 3. The second kappa shape index (κ2) is 8.65. The number of hydrogen-bond acceptors (Lipinski definition) is 4. The molecule has 144 valence electrons. The van der Waals surface area contributed by atoms with Gasteiger partial charge in [0.05, 0.1) is 6.20 Å². The molecule has 0 unspecified atom stereocenters. The summed E-state index contributed by atoms with van der Waals surface area (Å²) in [5, 5.41) is 14.7. The molecule has 0 bridgehead atoms. The third-order valence-electron chi connectivity index (χ3n) is 5.76. The fourth-order valence-corrected chi connectivity index (χ4v) is 4.14. The van der Waals surface area contributed by atoms with Gasteiger partial charge in [0.25, 0.3) is 5.91 Å². The van der Waals surface area contributed by atoms with Crippen molar-refractivity contribution in [2.24, 2.45) is 0 Å². The highest BCUT2D eigenvalue weighted by atomic mass is 16.2. The third kappa shape index (κ3) is 4.75. The zero-order chi connectivity index (χ0) is 18.5. The van der Waals surface area contributed by atoms with E-state index < -0.39 is 0 Å². The van der Waals surface area contributed by atoms with E-state index in [1.54, 1.807) is 10.9 Å². The van der Waals surface area contributed by atoms with Crippen molar-refractivity contribution >= 4 is 5.91 Å². The van der Waals surface area contributed by atoms with Gasteiger partial charge in [0.15, 0.2) is 5.69 Å². The minimum atomic E-state index is -0.158. The molecule has 1 aromatic heterocycles. The van der Waals surface area contributed by atoms with Crippen LogP contribution in [0.15, 0.2) is 24.4 Å². The molecule has 2 N–H and O–H groups in total. The van der Waals surface area contributed by atoms with E-state index >= 15 is 0 Å². The van der Waals surface area contributed by atoms with Gasteiger partial charge in [0.1, 0.15) is 0 Å². The van der Waals surface area contributed by atoms with Crippen LogP contribution in [0.1, 0.15) is 65.7 Å². The van der Waals surface area contributed by atoms with E-state index in [-0.39, 0.29) is 5.91 Å². The van der Waals surface area contributed by atoms with Crippen molar-refractivity contribution in [2.45, 2.75) is 70.5 Å². The molecule has 0 saturated carbocycles. The van der Waals surface area contributed by atoms with Crippen molar-refractivity contribution in [1.82, 2.24) is 25.6 Å². The van der Waals surface area contributed by atoms with E-state index in [0.717, 1.165) is 31.5 Å². The molecule has 1 aliphatic heterocycles. The van der Waals surface area contributed by atoms with Crippen LogP contribution in [0, 0.1) is 0 Å². The van der Waals surface area contributed by atoms with E-state index in [1.165, 1.54) is 49.7 Å². The van der Waals surface area contributed by atoms with Gasteiger partial charge in [-0.05, 0) is 68.2 Å². The Bertz CT molecular complexity index is 779. The van der Waals surface area contributed by atoms with Crippen LogP contribution in [-0.4, -0.2) is 33.5 Å². The van der Waals surface area contributed by atoms with Crippen LogP contribution in [0.2, 0.25) is 0 Å². The Hall–Kier alpha value is -2.21. The van der Waals surface area contributed by atoms with Crippen molar-refractivity contribution < 1.29 is 4.79 Å². The molecule has 2 aliphatic rings. The third-order valence-corrected chi connectivity index (χ3v) is 5.76. The predicted octanol–water partition coefficient (Wildman–Crippen LogP) is 2.62. The summed E-state index contributed by atoms with van der Waals surface area (Å²) in [6.45, 7) is 2.44. The maximum atomic E-state index is 12.4. The van der Waals surface area contributed by atoms with Crippen LogP contribution in [0.3, 0.4) is 0 Å². The lowest BCUT2D eigenvalue weighted by molar-refractivity contribution is 0.0946. The number of rotatable bonds is 6. The zero-order valence-corrected chi connectivity index (χ0v) is 15.9. The Kier molecular flexibility index (Phi) is 5.82. The molecule has 2 aromatic rings. The highest BCUT2D eigenvalue weighted by Gasteiger charge is 2.15. The number of carbonyl (C=O) groups excluding carboxylic acids is 1. The summed E-state index contributed by atoms with van der Waals surface area (Å²) in [6.07, 6.45) is 11.5. The van der Waals surface area contributed by atoms with E-state index in [9.17, 15) is 4.79 Å². The number of amides is 1. The predicted molar refractivity (Wildman–Crippen MR) is 105 cm³/mol. The molecule has 6 heteroatoms. The van der Waals surface area contributed by atoms with Gasteiger partial charge in [-0.25, -0.2) is 0 Å².